The fourth-order valence-electron chi connectivity index (χ4n) is 1.97. The number of rotatable bonds is 4. The van der Waals surface area contributed by atoms with E-state index in [0.717, 1.165) is 5.56 Å². The van der Waals surface area contributed by atoms with Crippen molar-refractivity contribution in [2.45, 2.75) is 6.54 Å². The highest BCUT2D eigenvalue weighted by atomic mass is 79.9. The van der Waals surface area contributed by atoms with Crippen molar-refractivity contribution in [2.24, 2.45) is 5.73 Å². The van der Waals surface area contributed by atoms with Crippen LogP contribution in [0.4, 0.5) is 14.5 Å². The Kier molecular flexibility index (Phi) is 4.90. The average molecular weight is 371 g/mol. The lowest BCUT2D eigenvalue weighted by atomic mass is 10.1. The largest absolute Gasteiger partial charge is 0.389 e. The zero-order chi connectivity index (χ0) is 15.6. The Morgan fingerprint density at radius 2 is 1.81 bits per heavy atom. The molecule has 0 aromatic heterocycles. The van der Waals surface area contributed by atoms with Crippen LogP contribution in [0.3, 0.4) is 0 Å². The van der Waals surface area contributed by atoms with Gasteiger partial charge in [0, 0.05) is 19.2 Å². The minimum absolute atomic E-state index is 0.133. The third-order valence-corrected chi connectivity index (χ3v) is 4.07. The Morgan fingerprint density at radius 1 is 1.19 bits per heavy atom. The Labute approximate surface area is 135 Å². The molecule has 2 aromatic carbocycles. The molecule has 2 nitrogen and oxygen atoms in total. The molecule has 2 aromatic rings. The molecule has 0 amide bonds. The van der Waals surface area contributed by atoms with E-state index >= 15 is 0 Å². The maximum absolute atomic E-state index is 14.4. The van der Waals surface area contributed by atoms with Crippen LogP contribution in [0.25, 0.3) is 0 Å². The van der Waals surface area contributed by atoms with E-state index in [4.69, 9.17) is 18.0 Å². The van der Waals surface area contributed by atoms with Crippen LogP contribution in [0, 0.1) is 11.6 Å². The molecule has 0 saturated carbocycles. The molecule has 2 N–H and O–H groups in total. The average Bonchev–Trinajstić information content (AvgIpc) is 2.43. The van der Waals surface area contributed by atoms with E-state index in [-0.39, 0.29) is 15.3 Å². The minimum Gasteiger partial charge on any atom is -0.389 e. The number of halogens is 3. The van der Waals surface area contributed by atoms with Crippen LogP contribution in [0.15, 0.2) is 40.9 Å². The first-order valence-corrected chi connectivity index (χ1v) is 7.33. The summed E-state index contributed by atoms with van der Waals surface area (Å²) in [6.45, 7) is 0.454. The van der Waals surface area contributed by atoms with Gasteiger partial charge in [0.1, 0.15) is 10.8 Å². The van der Waals surface area contributed by atoms with Crippen LogP contribution in [0.2, 0.25) is 0 Å². The minimum atomic E-state index is -0.426. The quantitative estimate of drug-likeness (QED) is 0.824. The lowest BCUT2D eigenvalue weighted by Gasteiger charge is -2.21. The molecule has 0 saturated heterocycles. The van der Waals surface area contributed by atoms with Gasteiger partial charge in [-0.05, 0) is 45.8 Å². The molecule has 110 valence electrons. The molecule has 21 heavy (non-hydrogen) atoms. The van der Waals surface area contributed by atoms with Crippen molar-refractivity contribution in [2.75, 3.05) is 11.9 Å². The lowest BCUT2D eigenvalue weighted by molar-refractivity contribution is 0.614. The van der Waals surface area contributed by atoms with Crippen LogP contribution in [0.1, 0.15) is 11.1 Å². The van der Waals surface area contributed by atoms with E-state index < -0.39 is 5.82 Å². The molecule has 0 bridgehead atoms. The summed E-state index contributed by atoms with van der Waals surface area (Å²) in [6, 6.07) is 9.39. The van der Waals surface area contributed by atoms with Crippen molar-refractivity contribution < 1.29 is 8.78 Å². The molecule has 0 radical (unpaired) electrons. The third-order valence-electron chi connectivity index (χ3n) is 3.07. The maximum atomic E-state index is 14.4. The van der Waals surface area contributed by atoms with Gasteiger partial charge in [-0.15, -0.1) is 0 Å². The molecule has 6 heteroatoms. The summed E-state index contributed by atoms with van der Waals surface area (Å²) >= 11 is 8.04. The molecule has 0 spiro atoms. The number of anilines is 1. The SMILES string of the molecule is CN(Cc1ccc(F)cc1)c1ccc(C(N)=S)c(Br)c1F. The molecule has 0 fully saturated rings. The van der Waals surface area contributed by atoms with Gasteiger partial charge in [0.2, 0.25) is 0 Å². The Bertz CT molecular complexity index is 674. The summed E-state index contributed by atoms with van der Waals surface area (Å²) in [5, 5.41) is 0. The smallest absolute Gasteiger partial charge is 0.161 e. The fraction of sp³-hybridized carbons (Fsp3) is 0.133. The van der Waals surface area contributed by atoms with E-state index in [9.17, 15) is 8.78 Å². The fourth-order valence-corrected chi connectivity index (χ4v) is 2.82. The van der Waals surface area contributed by atoms with Crippen molar-refractivity contribution >= 4 is 38.8 Å². The van der Waals surface area contributed by atoms with Crippen molar-refractivity contribution in [3.63, 3.8) is 0 Å². The molecule has 0 aliphatic heterocycles. The van der Waals surface area contributed by atoms with Gasteiger partial charge in [-0.1, -0.05) is 24.4 Å². The topological polar surface area (TPSA) is 29.3 Å². The standard InChI is InChI=1S/C15H13BrF2N2S/c1-20(8-9-2-4-10(17)5-3-9)12-7-6-11(15(19)21)13(16)14(12)18/h2-7H,8H2,1H3,(H2,19,21). The van der Waals surface area contributed by atoms with Gasteiger partial charge in [0.05, 0.1) is 10.2 Å². The Balaban J connectivity index is 2.27. The summed E-state index contributed by atoms with van der Waals surface area (Å²) in [6.07, 6.45) is 0. The first kappa shape index (κ1) is 15.9. The number of hydrogen-bond donors (Lipinski definition) is 1. The summed E-state index contributed by atoms with van der Waals surface area (Å²) in [5.41, 5.74) is 7.28. The van der Waals surface area contributed by atoms with Gasteiger partial charge < -0.3 is 10.6 Å². The van der Waals surface area contributed by atoms with Crippen molar-refractivity contribution in [1.82, 2.24) is 0 Å². The second-order valence-corrected chi connectivity index (χ2v) is 5.84. The van der Waals surface area contributed by atoms with Gasteiger partial charge >= 0.3 is 0 Å². The van der Waals surface area contributed by atoms with Crippen molar-refractivity contribution in [3.8, 4) is 0 Å². The number of nitrogens with two attached hydrogens (primary N) is 1. The number of hydrogen-bond acceptors (Lipinski definition) is 2. The van der Waals surface area contributed by atoms with Crippen molar-refractivity contribution in [1.29, 1.82) is 0 Å². The normalized spacial score (nSPS) is 10.5. The maximum Gasteiger partial charge on any atom is 0.161 e. The van der Waals surface area contributed by atoms with Gasteiger partial charge in [-0.2, -0.15) is 0 Å². The predicted octanol–water partition coefficient (Wildman–Crippen LogP) is 4.00. The first-order chi connectivity index (χ1) is 9.90. The van der Waals surface area contributed by atoms with Crippen molar-refractivity contribution in [3.05, 3.63) is 63.6 Å². The zero-order valence-corrected chi connectivity index (χ0v) is 13.6. The predicted molar refractivity (Wildman–Crippen MR) is 88.5 cm³/mol. The number of thiocarbonyl (C=S) groups is 1. The molecule has 0 aliphatic rings. The van der Waals surface area contributed by atoms with Gasteiger partial charge in [-0.3, -0.25) is 0 Å². The highest BCUT2D eigenvalue weighted by Crippen LogP contribution is 2.29. The van der Waals surface area contributed by atoms with Crippen LogP contribution < -0.4 is 10.6 Å². The molecular weight excluding hydrogens is 358 g/mol. The van der Waals surface area contributed by atoms with Crippen LogP contribution in [-0.2, 0) is 6.54 Å². The molecule has 0 heterocycles. The zero-order valence-electron chi connectivity index (χ0n) is 11.2. The molecule has 0 atom stereocenters. The highest BCUT2D eigenvalue weighted by Gasteiger charge is 2.15. The van der Waals surface area contributed by atoms with Crippen LogP contribution >= 0.6 is 28.1 Å². The van der Waals surface area contributed by atoms with Crippen LogP contribution in [0.5, 0.6) is 0 Å². The Hall–Kier alpha value is -1.53. The van der Waals surface area contributed by atoms with E-state index in [2.05, 4.69) is 15.9 Å². The Morgan fingerprint density at radius 3 is 2.38 bits per heavy atom. The van der Waals surface area contributed by atoms with E-state index in [1.54, 1.807) is 36.2 Å². The second-order valence-electron chi connectivity index (χ2n) is 4.61. The summed E-state index contributed by atoms with van der Waals surface area (Å²) in [4.78, 5) is 1.87. The van der Waals surface area contributed by atoms with Crippen LogP contribution in [-0.4, -0.2) is 12.0 Å². The van der Waals surface area contributed by atoms with Gasteiger partial charge in [-0.25, -0.2) is 8.78 Å². The molecule has 2 rings (SSSR count). The van der Waals surface area contributed by atoms with E-state index in [1.165, 1.54) is 12.1 Å². The number of benzene rings is 2. The molecular formula is C15H13BrF2N2S. The summed E-state index contributed by atoms with van der Waals surface area (Å²) in [5.74, 6) is -0.721. The third kappa shape index (κ3) is 3.57. The van der Waals surface area contributed by atoms with E-state index in [0.29, 0.717) is 17.8 Å². The lowest BCUT2D eigenvalue weighted by Crippen LogP contribution is -2.19. The number of nitrogens with zero attached hydrogens (tertiary/aromatic N) is 1. The highest BCUT2D eigenvalue weighted by molar-refractivity contribution is 9.10. The molecule has 0 aliphatic carbocycles. The van der Waals surface area contributed by atoms with E-state index in [1.807, 2.05) is 0 Å². The van der Waals surface area contributed by atoms with Gasteiger partial charge in [0.15, 0.2) is 5.82 Å². The molecule has 0 unspecified atom stereocenters. The van der Waals surface area contributed by atoms with Gasteiger partial charge in [0.25, 0.3) is 0 Å². The first-order valence-electron chi connectivity index (χ1n) is 6.13. The second kappa shape index (κ2) is 6.49. The summed E-state index contributed by atoms with van der Waals surface area (Å²) < 4.78 is 27.5. The summed E-state index contributed by atoms with van der Waals surface area (Å²) in [7, 11) is 1.76. The monoisotopic (exact) mass is 370 g/mol.